The quantitative estimate of drug-likeness (QED) is 0.650. The maximum Gasteiger partial charge on any atom is 0.491 e. The third-order valence-corrected chi connectivity index (χ3v) is 4.28. The Hall–Kier alpha value is -1.83. The topological polar surface area (TPSA) is 60.0 Å². The molecule has 0 saturated heterocycles. The van der Waals surface area contributed by atoms with Crippen LogP contribution in [0.25, 0.3) is 0 Å². The fourth-order valence-corrected chi connectivity index (χ4v) is 2.94. The Morgan fingerprint density at radius 1 is 1.14 bits per heavy atom. The van der Waals surface area contributed by atoms with E-state index in [0.29, 0.717) is 18.1 Å². The number of ether oxygens (including phenoxy) is 2. The molecule has 0 amide bonds. The van der Waals surface area contributed by atoms with Crippen molar-refractivity contribution in [2.24, 2.45) is 0 Å². The molecule has 0 atom stereocenters. The Bertz CT molecular complexity index is 683. The summed E-state index contributed by atoms with van der Waals surface area (Å²) >= 11 is 1.46. The van der Waals surface area contributed by atoms with Gasteiger partial charge in [-0.25, -0.2) is 0 Å². The summed E-state index contributed by atoms with van der Waals surface area (Å²) in [7, 11) is 2.39. The van der Waals surface area contributed by atoms with Crippen LogP contribution in [0.5, 0.6) is 11.5 Å². The Morgan fingerprint density at radius 3 is 2.73 bits per heavy atom. The first kappa shape index (κ1) is 15.1. The van der Waals surface area contributed by atoms with Gasteiger partial charge < -0.3 is 23.9 Å². The van der Waals surface area contributed by atoms with Gasteiger partial charge in [0.2, 0.25) is 0 Å². The normalized spacial score (nSPS) is 13.0. The number of methoxy groups -OCH3 is 2. The van der Waals surface area contributed by atoms with Crippen LogP contribution < -0.4 is 19.7 Å². The number of hydrogen-bond donors (Lipinski definition) is 2. The highest BCUT2D eigenvalue weighted by molar-refractivity contribution is 8.00. The zero-order chi connectivity index (χ0) is 15.5. The van der Waals surface area contributed by atoms with E-state index >= 15 is 0 Å². The molecule has 0 fully saturated rings. The maximum absolute atomic E-state index is 9.73. The fraction of sp³-hybridized carbons (Fsp3) is 0.200. The highest BCUT2D eigenvalue weighted by Crippen LogP contribution is 2.32. The first-order chi connectivity index (χ1) is 10.7. The maximum atomic E-state index is 9.73. The molecule has 0 spiro atoms. The van der Waals surface area contributed by atoms with Crippen molar-refractivity contribution in [1.29, 1.82) is 0 Å². The summed E-state index contributed by atoms with van der Waals surface area (Å²) in [5, 5.41) is 9.73. The molecule has 0 aliphatic carbocycles. The van der Waals surface area contributed by atoms with Gasteiger partial charge in [-0.05, 0) is 53.3 Å². The number of rotatable bonds is 5. The standard InChI is InChI=1S/C15H16BNO4S/c1-19-14-6-5-12(8-15(14)20-2)22-17-11-4-3-10-9-21-16(18)13(10)7-11/h3-8,17-18H,9H2,1-2H3. The van der Waals surface area contributed by atoms with Crippen LogP contribution >= 0.6 is 11.9 Å². The van der Waals surface area contributed by atoms with Crippen molar-refractivity contribution in [2.45, 2.75) is 11.5 Å². The van der Waals surface area contributed by atoms with Crippen LogP contribution in [0.15, 0.2) is 41.3 Å². The van der Waals surface area contributed by atoms with E-state index in [4.69, 9.17) is 14.1 Å². The summed E-state index contributed by atoms with van der Waals surface area (Å²) in [4.78, 5) is 0.995. The van der Waals surface area contributed by atoms with E-state index in [2.05, 4.69) is 4.72 Å². The largest absolute Gasteiger partial charge is 0.493 e. The second kappa shape index (κ2) is 6.52. The molecule has 2 N–H and O–H groups in total. The van der Waals surface area contributed by atoms with Crippen LogP contribution in [0.3, 0.4) is 0 Å². The molecule has 1 aliphatic heterocycles. The van der Waals surface area contributed by atoms with Gasteiger partial charge in [-0.1, -0.05) is 6.07 Å². The molecule has 1 aliphatic rings. The smallest absolute Gasteiger partial charge is 0.491 e. The average Bonchev–Trinajstić information content (AvgIpc) is 2.93. The van der Waals surface area contributed by atoms with Crippen molar-refractivity contribution in [3.63, 3.8) is 0 Å². The van der Waals surface area contributed by atoms with Crippen molar-refractivity contribution in [2.75, 3.05) is 18.9 Å². The lowest BCUT2D eigenvalue weighted by atomic mass is 9.79. The van der Waals surface area contributed by atoms with Gasteiger partial charge in [0.05, 0.1) is 20.8 Å². The molecule has 0 radical (unpaired) electrons. The lowest BCUT2D eigenvalue weighted by Crippen LogP contribution is -2.28. The number of fused-ring (bicyclic) bond motifs is 1. The molecule has 5 nitrogen and oxygen atoms in total. The molecule has 7 heteroatoms. The summed E-state index contributed by atoms with van der Waals surface area (Å²) in [5.74, 6) is 1.39. The van der Waals surface area contributed by atoms with Crippen molar-refractivity contribution < 1.29 is 19.2 Å². The SMILES string of the molecule is COc1ccc(SNc2ccc3c(c2)B(O)OC3)cc1OC. The van der Waals surface area contributed by atoms with Crippen LogP contribution in [0, 0.1) is 0 Å². The first-order valence-corrected chi connectivity index (χ1v) is 7.60. The van der Waals surface area contributed by atoms with E-state index < -0.39 is 7.12 Å². The highest BCUT2D eigenvalue weighted by Gasteiger charge is 2.27. The summed E-state index contributed by atoms with van der Waals surface area (Å²) < 4.78 is 18.9. The van der Waals surface area contributed by atoms with Gasteiger partial charge in [-0.2, -0.15) is 0 Å². The summed E-state index contributed by atoms with van der Waals surface area (Å²) in [6.45, 7) is 0.458. The summed E-state index contributed by atoms with van der Waals surface area (Å²) in [5.41, 5.74) is 2.75. The molecule has 0 aromatic heterocycles. The Balaban J connectivity index is 1.71. The molecule has 0 unspecified atom stereocenters. The minimum absolute atomic E-state index is 0.458. The van der Waals surface area contributed by atoms with Crippen LogP contribution in [0.1, 0.15) is 5.56 Å². The van der Waals surface area contributed by atoms with Gasteiger partial charge in [0.1, 0.15) is 0 Å². The van der Waals surface area contributed by atoms with E-state index in [1.165, 1.54) is 11.9 Å². The van der Waals surface area contributed by atoms with Gasteiger partial charge in [0, 0.05) is 10.6 Å². The van der Waals surface area contributed by atoms with E-state index in [1.807, 2.05) is 36.4 Å². The molecule has 0 bridgehead atoms. The number of anilines is 1. The second-order valence-electron chi connectivity index (χ2n) is 4.80. The monoisotopic (exact) mass is 317 g/mol. The third kappa shape index (κ3) is 3.01. The van der Waals surface area contributed by atoms with Crippen molar-refractivity contribution in [3.05, 3.63) is 42.0 Å². The number of benzene rings is 2. The summed E-state index contributed by atoms with van der Waals surface area (Å²) in [6, 6.07) is 11.5. The predicted molar refractivity (Wildman–Crippen MR) is 87.9 cm³/mol. The summed E-state index contributed by atoms with van der Waals surface area (Å²) in [6.07, 6.45) is 0. The lowest BCUT2D eigenvalue weighted by molar-refractivity contribution is 0.275. The molecule has 3 rings (SSSR count). The fourth-order valence-electron chi connectivity index (χ4n) is 2.28. The van der Waals surface area contributed by atoms with Gasteiger partial charge >= 0.3 is 7.12 Å². The van der Waals surface area contributed by atoms with Crippen molar-refractivity contribution in [1.82, 2.24) is 0 Å². The number of hydrogen-bond acceptors (Lipinski definition) is 6. The van der Waals surface area contributed by atoms with Crippen molar-refractivity contribution in [3.8, 4) is 11.5 Å². The van der Waals surface area contributed by atoms with Gasteiger partial charge in [-0.3, -0.25) is 0 Å². The van der Waals surface area contributed by atoms with Crippen LogP contribution in [0.4, 0.5) is 5.69 Å². The van der Waals surface area contributed by atoms with E-state index in [1.54, 1.807) is 14.2 Å². The van der Waals surface area contributed by atoms with Gasteiger partial charge in [0.15, 0.2) is 11.5 Å². The average molecular weight is 317 g/mol. The molecule has 2 aromatic rings. The number of nitrogens with one attached hydrogen (secondary N) is 1. The van der Waals surface area contributed by atoms with E-state index in [9.17, 15) is 5.02 Å². The first-order valence-electron chi connectivity index (χ1n) is 6.78. The predicted octanol–water partition coefficient (Wildman–Crippen LogP) is 2.04. The van der Waals surface area contributed by atoms with E-state index in [-0.39, 0.29) is 0 Å². The molecule has 2 aromatic carbocycles. The molecular weight excluding hydrogens is 301 g/mol. The molecule has 22 heavy (non-hydrogen) atoms. The Labute approximate surface area is 133 Å². The minimum atomic E-state index is -0.831. The highest BCUT2D eigenvalue weighted by atomic mass is 32.2. The van der Waals surface area contributed by atoms with Crippen molar-refractivity contribution >= 4 is 30.2 Å². The lowest BCUT2D eigenvalue weighted by Gasteiger charge is -2.11. The van der Waals surface area contributed by atoms with Crippen LogP contribution in [-0.2, 0) is 11.3 Å². The zero-order valence-corrected chi connectivity index (χ0v) is 13.1. The van der Waals surface area contributed by atoms with Gasteiger partial charge in [0.25, 0.3) is 0 Å². The van der Waals surface area contributed by atoms with E-state index in [0.717, 1.165) is 21.6 Å². The Morgan fingerprint density at radius 2 is 1.95 bits per heavy atom. The van der Waals surface area contributed by atoms with Crippen LogP contribution in [0.2, 0.25) is 0 Å². The third-order valence-electron chi connectivity index (χ3n) is 3.45. The molecule has 1 heterocycles. The molecule has 0 saturated carbocycles. The molecule has 114 valence electrons. The minimum Gasteiger partial charge on any atom is -0.493 e. The second-order valence-corrected chi connectivity index (χ2v) is 5.68. The van der Waals surface area contributed by atoms with Crippen LogP contribution in [-0.4, -0.2) is 26.4 Å². The molecular formula is C15H16BNO4S. The zero-order valence-electron chi connectivity index (χ0n) is 12.3. The van der Waals surface area contributed by atoms with Gasteiger partial charge in [-0.15, -0.1) is 0 Å². The Kier molecular flexibility index (Phi) is 4.47.